The molecule has 0 saturated carbocycles. The number of amides is 1. The molecule has 18 heavy (non-hydrogen) atoms. The lowest BCUT2D eigenvalue weighted by atomic mass is 9.95. The van der Waals surface area contributed by atoms with Gasteiger partial charge in [0.15, 0.2) is 0 Å². The molecule has 2 aliphatic rings. The van der Waals surface area contributed by atoms with E-state index in [0.717, 1.165) is 18.6 Å². The Balaban J connectivity index is 1.79. The minimum atomic E-state index is -0.492. The molecule has 6 heteroatoms. The number of hydrogen-bond donors (Lipinski definition) is 1. The Bertz CT molecular complexity index is 348. The predicted octanol–water partition coefficient (Wildman–Crippen LogP) is 1.65. The molecule has 0 bridgehead atoms. The number of ether oxygens (including phenoxy) is 2. The molecule has 102 valence electrons. The van der Waals surface area contributed by atoms with Gasteiger partial charge in [0.1, 0.15) is 5.60 Å². The number of nitrogens with one attached hydrogen (secondary N) is 1. The molecule has 0 spiro atoms. The fraction of sp³-hybridized carbons (Fsp3) is 0.833. The van der Waals surface area contributed by atoms with Crippen molar-refractivity contribution in [2.75, 3.05) is 13.2 Å². The van der Waals surface area contributed by atoms with Gasteiger partial charge in [0.25, 0.3) is 0 Å². The normalized spacial score (nSPS) is 26.9. The van der Waals surface area contributed by atoms with Crippen LogP contribution < -0.4 is 5.32 Å². The number of fused-ring (bicyclic) bond motifs is 1. The van der Waals surface area contributed by atoms with Crippen LogP contribution in [0.3, 0.4) is 0 Å². The highest BCUT2D eigenvalue weighted by Crippen LogP contribution is 2.28. The fourth-order valence-corrected chi connectivity index (χ4v) is 2.01. The summed E-state index contributed by atoms with van der Waals surface area (Å²) in [5.74, 6) is 0.161. The first-order valence-corrected chi connectivity index (χ1v) is 6.27. The van der Waals surface area contributed by atoms with Gasteiger partial charge in [0, 0.05) is 0 Å². The van der Waals surface area contributed by atoms with Gasteiger partial charge in [0.05, 0.1) is 24.8 Å². The molecule has 2 unspecified atom stereocenters. The van der Waals surface area contributed by atoms with Gasteiger partial charge in [-0.25, -0.2) is 4.79 Å². The summed E-state index contributed by atoms with van der Waals surface area (Å²) < 4.78 is 10.6. The second kappa shape index (κ2) is 5.14. The summed E-state index contributed by atoms with van der Waals surface area (Å²) in [5, 5.41) is 6.66. The molecule has 6 nitrogen and oxygen atoms in total. The lowest BCUT2D eigenvalue weighted by Crippen LogP contribution is -2.39. The smallest absolute Gasteiger partial charge is 0.407 e. The summed E-state index contributed by atoms with van der Waals surface area (Å²) in [7, 11) is 0. The molecule has 2 atom stereocenters. The van der Waals surface area contributed by atoms with Crippen LogP contribution in [-0.2, 0) is 14.3 Å². The minimum absolute atomic E-state index is 0.161. The molecule has 0 aromatic heterocycles. The van der Waals surface area contributed by atoms with E-state index >= 15 is 0 Å². The topological polar surface area (TPSA) is 69.2 Å². The van der Waals surface area contributed by atoms with E-state index in [2.05, 4.69) is 10.5 Å². The van der Waals surface area contributed by atoms with Crippen LogP contribution in [0.5, 0.6) is 0 Å². The summed E-state index contributed by atoms with van der Waals surface area (Å²) in [4.78, 5) is 16.7. The summed E-state index contributed by atoms with van der Waals surface area (Å²) >= 11 is 0. The van der Waals surface area contributed by atoms with Crippen LogP contribution in [-0.4, -0.2) is 36.8 Å². The average Bonchev–Trinajstić information content (AvgIpc) is 2.67. The largest absolute Gasteiger partial charge is 0.444 e. The number of oxime groups is 1. The van der Waals surface area contributed by atoms with Gasteiger partial charge in [-0.1, -0.05) is 5.16 Å². The van der Waals surface area contributed by atoms with Crippen molar-refractivity contribution in [3.05, 3.63) is 0 Å². The number of rotatable bonds is 2. The van der Waals surface area contributed by atoms with Crippen LogP contribution in [0, 0.1) is 5.92 Å². The van der Waals surface area contributed by atoms with E-state index < -0.39 is 11.7 Å². The van der Waals surface area contributed by atoms with Crippen molar-refractivity contribution in [2.45, 2.75) is 45.5 Å². The van der Waals surface area contributed by atoms with Gasteiger partial charge in [-0.2, -0.15) is 0 Å². The molecule has 0 aromatic carbocycles. The Kier molecular flexibility index (Phi) is 3.75. The van der Waals surface area contributed by atoms with E-state index in [0.29, 0.717) is 13.2 Å². The van der Waals surface area contributed by atoms with Gasteiger partial charge in [-0.05, 0) is 33.6 Å². The number of carbonyl (C=O) groups is 1. The van der Waals surface area contributed by atoms with Crippen molar-refractivity contribution >= 4 is 11.8 Å². The Morgan fingerprint density at radius 1 is 1.56 bits per heavy atom. The molecular weight excluding hydrogens is 236 g/mol. The zero-order chi connectivity index (χ0) is 13.2. The highest BCUT2D eigenvalue weighted by atomic mass is 16.8. The van der Waals surface area contributed by atoms with Crippen molar-refractivity contribution in [3.8, 4) is 0 Å². The van der Waals surface area contributed by atoms with E-state index in [-0.39, 0.29) is 12.2 Å². The molecule has 2 rings (SSSR count). The van der Waals surface area contributed by atoms with Crippen molar-refractivity contribution in [2.24, 2.45) is 11.1 Å². The van der Waals surface area contributed by atoms with Crippen LogP contribution >= 0.6 is 0 Å². The SMILES string of the molecule is CC(C)(C)OC(=O)NCC1=NOC2OCCCC12. The summed E-state index contributed by atoms with van der Waals surface area (Å²) in [6.07, 6.45) is 1.27. The number of carbonyl (C=O) groups excluding carboxylic acids is 1. The van der Waals surface area contributed by atoms with Crippen LogP contribution in [0.25, 0.3) is 0 Å². The summed E-state index contributed by atoms with van der Waals surface area (Å²) in [6, 6.07) is 0. The van der Waals surface area contributed by atoms with Gasteiger partial charge < -0.3 is 19.6 Å². The molecule has 1 fully saturated rings. The molecule has 0 radical (unpaired) electrons. The average molecular weight is 256 g/mol. The maximum Gasteiger partial charge on any atom is 0.407 e. The van der Waals surface area contributed by atoms with Gasteiger partial charge in [0.2, 0.25) is 6.29 Å². The van der Waals surface area contributed by atoms with Crippen LogP contribution in [0.15, 0.2) is 5.16 Å². The molecular formula is C12H20N2O4. The highest BCUT2D eigenvalue weighted by Gasteiger charge is 2.37. The first-order chi connectivity index (χ1) is 8.46. The lowest BCUT2D eigenvalue weighted by Gasteiger charge is -2.24. The minimum Gasteiger partial charge on any atom is -0.444 e. The van der Waals surface area contributed by atoms with Crippen molar-refractivity contribution in [1.82, 2.24) is 5.32 Å². The molecule has 2 aliphatic heterocycles. The molecule has 1 N–H and O–H groups in total. The monoisotopic (exact) mass is 256 g/mol. The molecule has 0 aromatic rings. The second-order valence-corrected chi connectivity index (χ2v) is 5.53. The van der Waals surface area contributed by atoms with Crippen LogP contribution in [0.2, 0.25) is 0 Å². The van der Waals surface area contributed by atoms with E-state index in [4.69, 9.17) is 14.3 Å². The van der Waals surface area contributed by atoms with Gasteiger partial charge >= 0.3 is 6.09 Å². The maximum atomic E-state index is 11.5. The second-order valence-electron chi connectivity index (χ2n) is 5.53. The predicted molar refractivity (Wildman–Crippen MR) is 65.2 cm³/mol. The third-order valence-electron chi connectivity index (χ3n) is 2.78. The number of hydrogen-bond acceptors (Lipinski definition) is 5. The zero-order valence-corrected chi connectivity index (χ0v) is 11.1. The number of alkyl carbamates (subject to hydrolysis) is 1. The van der Waals surface area contributed by atoms with E-state index in [1.807, 2.05) is 20.8 Å². The Morgan fingerprint density at radius 2 is 2.33 bits per heavy atom. The highest BCUT2D eigenvalue weighted by molar-refractivity contribution is 5.91. The first kappa shape index (κ1) is 13.1. The van der Waals surface area contributed by atoms with Gasteiger partial charge in [-0.3, -0.25) is 0 Å². The lowest BCUT2D eigenvalue weighted by molar-refractivity contribution is -0.162. The molecule has 1 saturated heterocycles. The van der Waals surface area contributed by atoms with Crippen LogP contribution in [0.4, 0.5) is 4.79 Å². The number of nitrogens with zero attached hydrogens (tertiary/aromatic N) is 1. The van der Waals surface area contributed by atoms with Crippen LogP contribution in [0.1, 0.15) is 33.6 Å². The third-order valence-corrected chi connectivity index (χ3v) is 2.78. The fourth-order valence-electron chi connectivity index (χ4n) is 2.01. The zero-order valence-electron chi connectivity index (χ0n) is 11.1. The van der Waals surface area contributed by atoms with E-state index in [1.54, 1.807) is 0 Å². The first-order valence-electron chi connectivity index (χ1n) is 6.27. The third kappa shape index (κ3) is 3.35. The maximum absolute atomic E-state index is 11.5. The Hall–Kier alpha value is -1.30. The summed E-state index contributed by atoms with van der Waals surface area (Å²) in [5.41, 5.74) is 0.333. The van der Waals surface area contributed by atoms with Gasteiger partial charge in [-0.15, -0.1) is 0 Å². The molecule has 0 aliphatic carbocycles. The quantitative estimate of drug-likeness (QED) is 0.815. The van der Waals surface area contributed by atoms with E-state index in [1.165, 1.54) is 0 Å². The Morgan fingerprint density at radius 3 is 3.06 bits per heavy atom. The van der Waals surface area contributed by atoms with Crippen molar-refractivity contribution < 1.29 is 19.1 Å². The van der Waals surface area contributed by atoms with E-state index in [9.17, 15) is 4.79 Å². The molecule has 1 amide bonds. The van der Waals surface area contributed by atoms with Crippen molar-refractivity contribution in [1.29, 1.82) is 0 Å². The standard InChI is InChI=1S/C12H20N2O4/c1-12(2,3)17-11(15)13-7-9-8-5-4-6-16-10(8)18-14-9/h8,10H,4-7H2,1-3H3,(H,13,15). The van der Waals surface area contributed by atoms with Crippen molar-refractivity contribution in [3.63, 3.8) is 0 Å². The summed E-state index contributed by atoms with van der Waals surface area (Å²) in [6.45, 7) is 6.54. The molecule has 2 heterocycles. The Labute approximate surface area is 107 Å².